The lowest BCUT2D eigenvalue weighted by atomic mass is 10.2. The van der Waals surface area contributed by atoms with Crippen LogP contribution >= 0.6 is 0 Å². The van der Waals surface area contributed by atoms with Gasteiger partial charge in [-0.1, -0.05) is 13.0 Å². The van der Waals surface area contributed by atoms with Gasteiger partial charge in [-0.15, -0.1) is 0 Å². The van der Waals surface area contributed by atoms with Crippen molar-refractivity contribution in [3.05, 3.63) is 46.3 Å². The molecule has 0 aliphatic heterocycles. The molecule has 26 heavy (non-hydrogen) atoms. The van der Waals surface area contributed by atoms with E-state index in [0.717, 1.165) is 18.2 Å². The zero-order valence-electron chi connectivity index (χ0n) is 14.8. The number of aromatic nitrogens is 2. The number of amides is 1. The van der Waals surface area contributed by atoms with Crippen molar-refractivity contribution in [1.29, 1.82) is 0 Å². The first-order valence-electron chi connectivity index (χ1n) is 8.26. The van der Waals surface area contributed by atoms with Gasteiger partial charge in [-0.3, -0.25) is 19.6 Å². The number of ether oxygens (including phenoxy) is 2. The van der Waals surface area contributed by atoms with Gasteiger partial charge in [0.05, 0.1) is 18.6 Å². The third-order valence-electron chi connectivity index (χ3n) is 3.58. The fourth-order valence-electron chi connectivity index (χ4n) is 2.23. The minimum atomic E-state index is -0.523. The fourth-order valence-corrected chi connectivity index (χ4v) is 2.23. The Kier molecular flexibility index (Phi) is 6.95. The maximum Gasteiger partial charge on any atom is 0.306 e. The molecule has 0 saturated heterocycles. The second-order valence-electron chi connectivity index (χ2n) is 5.58. The number of hydrogen-bond acceptors (Lipinski definition) is 6. The van der Waals surface area contributed by atoms with Crippen LogP contribution in [0.4, 0.5) is 5.69 Å². The topological polar surface area (TPSA) is 109 Å². The van der Waals surface area contributed by atoms with Crippen molar-refractivity contribution in [2.24, 2.45) is 0 Å². The summed E-state index contributed by atoms with van der Waals surface area (Å²) in [5, 5.41) is 17.3. The molecule has 9 nitrogen and oxygen atoms in total. The Bertz CT molecular complexity index is 759. The first kappa shape index (κ1) is 19.2. The average Bonchev–Trinajstić information content (AvgIpc) is 3.12. The molecule has 0 bridgehead atoms. The lowest BCUT2D eigenvalue weighted by molar-refractivity contribution is -0.385. The van der Waals surface area contributed by atoms with Gasteiger partial charge in [-0.2, -0.15) is 5.10 Å². The Balaban J connectivity index is 1.83. The van der Waals surface area contributed by atoms with Crippen molar-refractivity contribution < 1.29 is 19.2 Å². The van der Waals surface area contributed by atoms with Crippen molar-refractivity contribution in [3.8, 4) is 11.5 Å². The van der Waals surface area contributed by atoms with E-state index in [-0.39, 0.29) is 24.6 Å². The van der Waals surface area contributed by atoms with Crippen molar-refractivity contribution >= 4 is 11.6 Å². The van der Waals surface area contributed by atoms with Crippen LogP contribution in [0, 0.1) is 10.1 Å². The van der Waals surface area contributed by atoms with E-state index >= 15 is 0 Å². The number of nitrogens with one attached hydrogen (secondary N) is 1. The van der Waals surface area contributed by atoms with E-state index in [2.05, 4.69) is 10.4 Å². The number of carbonyl (C=O) groups excluding carboxylic acids is 1. The zero-order chi connectivity index (χ0) is 18.9. The molecule has 0 aliphatic carbocycles. The molecule has 1 aromatic heterocycles. The van der Waals surface area contributed by atoms with E-state index in [4.69, 9.17) is 9.47 Å². The van der Waals surface area contributed by atoms with Crippen molar-refractivity contribution in [3.63, 3.8) is 0 Å². The summed E-state index contributed by atoms with van der Waals surface area (Å²) in [7, 11) is 1.57. The van der Waals surface area contributed by atoms with E-state index in [1.54, 1.807) is 7.11 Å². The molecule has 9 heteroatoms. The summed E-state index contributed by atoms with van der Waals surface area (Å²) in [5.74, 6) is 1.12. The first-order chi connectivity index (χ1) is 12.5. The Hall–Kier alpha value is -3.10. The van der Waals surface area contributed by atoms with Gasteiger partial charge in [0.1, 0.15) is 12.4 Å². The normalized spacial score (nSPS) is 10.4. The van der Waals surface area contributed by atoms with E-state index < -0.39 is 4.92 Å². The number of carbonyl (C=O) groups is 1. The van der Waals surface area contributed by atoms with Gasteiger partial charge in [0.15, 0.2) is 11.5 Å². The van der Waals surface area contributed by atoms with Crippen molar-refractivity contribution in [2.75, 3.05) is 13.7 Å². The zero-order valence-corrected chi connectivity index (χ0v) is 14.8. The monoisotopic (exact) mass is 362 g/mol. The number of nitrogens with zero attached hydrogens (tertiary/aromatic N) is 3. The molecule has 0 saturated carbocycles. The highest BCUT2D eigenvalue weighted by Gasteiger charge is 2.10. The second-order valence-corrected chi connectivity index (χ2v) is 5.58. The van der Waals surface area contributed by atoms with Gasteiger partial charge in [0.2, 0.25) is 5.91 Å². The summed E-state index contributed by atoms with van der Waals surface area (Å²) in [5.41, 5.74) is 0.789. The van der Waals surface area contributed by atoms with Crippen LogP contribution in [0.3, 0.4) is 0 Å². The average molecular weight is 362 g/mol. The largest absolute Gasteiger partial charge is 0.493 e. The van der Waals surface area contributed by atoms with Crippen LogP contribution in [0.25, 0.3) is 0 Å². The summed E-state index contributed by atoms with van der Waals surface area (Å²) >= 11 is 0. The Morgan fingerprint density at radius 2 is 2.19 bits per heavy atom. The summed E-state index contributed by atoms with van der Waals surface area (Å²) in [6, 6.07) is 5.51. The van der Waals surface area contributed by atoms with Crippen LogP contribution in [0.15, 0.2) is 30.6 Å². The van der Waals surface area contributed by atoms with Crippen LogP contribution in [0.5, 0.6) is 11.5 Å². The van der Waals surface area contributed by atoms with Crippen molar-refractivity contribution in [1.82, 2.24) is 15.1 Å². The molecule has 0 radical (unpaired) electrons. The molecule has 0 atom stereocenters. The first-order valence-corrected chi connectivity index (χ1v) is 8.26. The molecule has 1 heterocycles. The Labute approximate surface area is 151 Å². The third-order valence-corrected chi connectivity index (χ3v) is 3.58. The number of hydrogen-bond donors (Lipinski definition) is 1. The van der Waals surface area contributed by atoms with E-state index in [1.807, 2.05) is 25.1 Å². The lowest BCUT2D eigenvalue weighted by Gasteiger charge is -2.12. The Morgan fingerprint density at radius 1 is 1.38 bits per heavy atom. The Morgan fingerprint density at radius 3 is 2.85 bits per heavy atom. The van der Waals surface area contributed by atoms with Gasteiger partial charge < -0.3 is 14.8 Å². The highest BCUT2D eigenvalue weighted by atomic mass is 16.6. The second kappa shape index (κ2) is 9.40. The molecule has 0 spiro atoms. The van der Waals surface area contributed by atoms with Gasteiger partial charge in [-0.05, 0) is 24.1 Å². The molecule has 1 N–H and O–H groups in total. The third kappa shape index (κ3) is 5.47. The molecular formula is C17H22N4O5. The van der Waals surface area contributed by atoms with Crippen LogP contribution in [-0.2, 0) is 17.9 Å². The highest BCUT2D eigenvalue weighted by molar-refractivity contribution is 5.75. The van der Waals surface area contributed by atoms with E-state index in [1.165, 1.54) is 10.9 Å². The van der Waals surface area contributed by atoms with Crippen molar-refractivity contribution in [2.45, 2.75) is 32.9 Å². The number of nitro groups is 1. The predicted octanol–water partition coefficient (Wildman–Crippen LogP) is 2.30. The summed E-state index contributed by atoms with van der Waals surface area (Å²) in [4.78, 5) is 22.0. The van der Waals surface area contributed by atoms with Gasteiger partial charge in [0, 0.05) is 19.5 Å². The molecule has 2 aromatic rings. The summed E-state index contributed by atoms with van der Waals surface area (Å²) in [6.07, 6.45) is 3.54. The number of methoxy groups -OCH3 is 1. The quantitative estimate of drug-likeness (QED) is 0.513. The maximum atomic E-state index is 12.0. The number of benzene rings is 1. The predicted molar refractivity (Wildman–Crippen MR) is 94.1 cm³/mol. The number of rotatable bonds is 10. The van der Waals surface area contributed by atoms with Crippen LogP contribution in [0.2, 0.25) is 0 Å². The smallest absolute Gasteiger partial charge is 0.306 e. The van der Waals surface area contributed by atoms with Gasteiger partial charge >= 0.3 is 5.69 Å². The minimum absolute atomic E-state index is 0.0946. The van der Waals surface area contributed by atoms with Gasteiger partial charge in [-0.25, -0.2) is 0 Å². The van der Waals surface area contributed by atoms with E-state index in [9.17, 15) is 14.9 Å². The van der Waals surface area contributed by atoms with Crippen LogP contribution < -0.4 is 14.8 Å². The SMILES string of the molecule is CCCOc1ccc(CNC(=O)CCn2cc([N+](=O)[O-])cn2)cc1OC. The number of aryl methyl sites for hydroxylation is 1. The molecule has 0 fully saturated rings. The molecule has 1 amide bonds. The van der Waals surface area contributed by atoms with Gasteiger partial charge in [0.25, 0.3) is 0 Å². The van der Waals surface area contributed by atoms with Crippen LogP contribution in [-0.4, -0.2) is 34.3 Å². The van der Waals surface area contributed by atoms with E-state index in [0.29, 0.717) is 24.7 Å². The maximum absolute atomic E-state index is 12.0. The lowest BCUT2D eigenvalue weighted by Crippen LogP contribution is -2.24. The highest BCUT2D eigenvalue weighted by Crippen LogP contribution is 2.28. The standard InChI is InChI=1S/C17H22N4O5/c1-3-8-26-15-5-4-13(9-16(15)25-2)10-18-17(22)6-7-20-12-14(11-19-20)21(23)24/h4-5,9,11-12H,3,6-8,10H2,1-2H3,(H,18,22). The summed E-state index contributed by atoms with van der Waals surface area (Å²) < 4.78 is 12.3. The summed E-state index contributed by atoms with van der Waals surface area (Å²) in [6.45, 7) is 3.26. The minimum Gasteiger partial charge on any atom is -0.493 e. The molecule has 0 unspecified atom stereocenters. The molecular weight excluding hydrogens is 340 g/mol. The molecule has 1 aromatic carbocycles. The van der Waals surface area contributed by atoms with Crippen LogP contribution in [0.1, 0.15) is 25.3 Å². The fraction of sp³-hybridized carbons (Fsp3) is 0.412. The molecule has 2 rings (SSSR count). The molecule has 0 aliphatic rings. The molecule has 140 valence electrons.